The predicted octanol–water partition coefficient (Wildman–Crippen LogP) is 4.70. The zero-order valence-corrected chi connectivity index (χ0v) is 20.5. The Kier molecular flexibility index (Phi) is 7.73. The first-order chi connectivity index (χ1) is 16.1. The minimum Gasteiger partial charge on any atom is -0.462 e. The third kappa shape index (κ3) is 6.02. The Morgan fingerprint density at radius 2 is 1.65 bits per heavy atom. The van der Waals surface area contributed by atoms with Crippen molar-refractivity contribution in [2.75, 3.05) is 22.5 Å². The van der Waals surface area contributed by atoms with Crippen LogP contribution in [0.4, 0.5) is 11.4 Å². The van der Waals surface area contributed by atoms with Gasteiger partial charge in [0.25, 0.3) is 5.91 Å². The molecule has 0 unspecified atom stereocenters. The van der Waals surface area contributed by atoms with Crippen molar-refractivity contribution in [2.24, 2.45) is 0 Å². The average molecular weight is 481 g/mol. The summed E-state index contributed by atoms with van der Waals surface area (Å²) in [6, 6.07) is 19.1. The van der Waals surface area contributed by atoms with Crippen molar-refractivity contribution in [2.45, 2.75) is 27.3 Å². The van der Waals surface area contributed by atoms with E-state index < -0.39 is 16.0 Å². The van der Waals surface area contributed by atoms with Crippen molar-refractivity contribution in [3.8, 4) is 0 Å². The molecule has 0 aliphatic rings. The van der Waals surface area contributed by atoms with Crippen LogP contribution in [0.5, 0.6) is 0 Å². The smallest absolute Gasteiger partial charge is 0.338 e. The van der Waals surface area contributed by atoms with Gasteiger partial charge in [-0.1, -0.05) is 30.3 Å². The van der Waals surface area contributed by atoms with E-state index in [9.17, 15) is 18.0 Å². The zero-order valence-electron chi connectivity index (χ0n) is 19.7. The van der Waals surface area contributed by atoms with Gasteiger partial charge in [0.2, 0.25) is 10.0 Å². The van der Waals surface area contributed by atoms with Crippen LogP contribution < -0.4 is 9.62 Å². The van der Waals surface area contributed by atoms with Crippen molar-refractivity contribution in [1.29, 1.82) is 0 Å². The first kappa shape index (κ1) is 25.0. The van der Waals surface area contributed by atoms with E-state index >= 15 is 0 Å². The molecule has 7 nitrogen and oxygen atoms in total. The van der Waals surface area contributed by atoms with Gasteiger partial charge in [-0.15, -0.1) is 0 Å². The zero-order chi connectivity index (χ0) is 24.9. The van der Waals surface area contributed by atoms with Gasteiger partial charge in [-0.05, 0) is 73.9 Å². The molecule has 0 fully saturated rings. The molecular formula is C26H28N2O5S. The minimum absolute atomic E-state index is 0.144. The maximum atomic E-state index is 12.8. The molecule has 0 saturated heterocycles. The fourth-order valence-electron chi connectivity index (χ4n) is 3.51. The van der Waals surface area contributed by atoms with Crippen LogP contribution in [0.1, 0.15) is 44.3 Å². The van der Waals surface area contributed by atoms with E-state index in [0.717, 1.165) is 11.1 Å². The van der Waals surface area contributed by atoms with E-state index in [-0.39, 0.29) is 19.1 Å². The number of rotatable bonds is 8. The normalized spacial score (nSPS) is 11.1. The SMILES string of the molecule is CCOC(=O)c1cccc(NC(=O)c2ccc(CN(c3cccc(C)c3)S(C)(=O)=O)cc2)c1C. The van der Waals surface area contributed by atoms with Gasteiger partial charge in [0.1, 0.15) is 0 Å². The van der Waals surface area contributed by atoms with Gasteiger partial charge < -0.3 is 10.1 Å². The minimum atomic E-state index is -3.50. The topological polar surface area (TPSA) is 92.8 Å². The summed E-state index contributed by atoms with van der Waals surface area (Å²) in [6.07, 6.45) is 1.17. The lowest BCUT2D eigenvalue weighted by molar-refractivity contribution is 0.0525. The van der Waals surface area contributed by atoms with E-state index in [1.165, 1.54) is 10.6 Å². The number of benzene rings is 3. The number of nitrogens with zero attached hydrogens (tertiary/aromatic N) is 1. The van der Waals surface area contributed by atoms with Gasteiger partial charge in [0.05, 0.1) is 30.7 Å². The van der Waals surface area contributed by atoms with Gasteiger partial charge in [-0.25, -0.2) is 13.2 Å². The van der Waals surface area contributed by atoms with Crippen LogP contribution in [0.25, 0.3) is 0 Å². The standard InChI is InChI=1S/C26H28N2O5S/c1-5-33-26(30)23-10-7-11-24(19(23)3)27-25(29)21-14-12-20(13-15-21)17-28(34(4,31)32)22-9-6-8-18(2)16-22/h6-16H,5,17H2,1-4H3,(H,27,29). The molecule has 34 heavy (non-hydrogen) atoms. The lowest BCUT2D eigenvalue weighted by Crippen LogP contribution is -2.29. The van der Waals surface area contributed by atoms with Crippen molar-refractivity contribution in [3.05, 3.63) is 94.5 Å². The number of amides is 1. The Balaban J connectivity index is 1.77. The lowest BCUT2D eigenvalue weighted by atomic mass is 10.1. The van der Waals surface area contributed by atoms with Crippen LogP contribution in [0, 0.1) is 13.8 Å². The molecule has 1 N–H and O–H groups in total. The highest BCUT2D eigenvalue weighted by molar-refractivity contribution is 7.92. The van der Waals surface area contributed by atoms with Gasteiger partial charge in [-0.3, -0.25) is 9.10 Å². The summed E-state index contributed by atoms with van der Waals surface area (Å²) in [5.74, 6) is -0.779. The molecule has 3 rings (SSSR count). The molecule has 0 aliphatic carbocycles. The second kappa shape index (κ2) is 10.5. The number of esters is 1. The third-order valence-electron chi connectivity index (χ3n) is 5.31. The first-order valence-corrected chi connectivity index (χ1v) is 12.7. The number of aryl methyl sites for hydroxylation is 1. The van der Waals surface area contributed by atoms with Crippen molar-refractivity contribution in [3.63, 3.8) is 0 Å². The summed E-state index contributed by atoms with van der Waals surface area (Å²) in [6.45, 7) is 5.79. The Hall–Kier alpha value is -3.65. The maximum absolute atomic E-state index is 12.8. The third-order valence-corrected chi connectivity index (χ3v) is 6.45. The summed E-state index contributed by atoms with van der Waals surface area (Å²) in [4.78, 5) is 24.9. The van der Waals surface area contributed by atoms with Gasteiger partial charge in [0, 0.05) is 11.3 Å². The predicted molar refractivity (Wildman–Crippen MR) is 134 cm³/mol. The second-order valence-corrected chi connectivity index (χ2v) is 9.87. The average Bonchev–Trinajstić information content (AvgIpc) is 2.78. The van der Waals surface area contributed by atoms with Crippen molar-refractivity contribution in [1.82, 2.24) is 0 Å². The first-order valence-electron chi connectivity index (χ1n) is 10.8. The number of nitrogens with one attached hydrogen (secondary N) is 1. The van der Waals surface area contributed by atoms with Crippen molar-refractivity contribution >= 4 is 33.3 Å². The largest absolute Gasteiger partial charge is 0.462 e. The fourth-order valence-corrected chi connectivity index (χ4v) is 4.39. The monoisotopic (exact) mass is 480 g/mol. The van der Waals surface area contributed by atoms with Gasteiger partial charge in [0.15, 0.2) is 0 Å². The number of ether oxygens (including phenoxy) is 1. The fraction of sp³-hybridized carbons (Fsp3) is 0.231. The summed E-state index contributed by atoms with van der Waals surface area (Å²) in [5, 5.41) is 2.83. The van der Waals surface area contributed by atoms with Crippen LogP contribution in [-0.4, -0.2) is 33.2 Å². The van der Waals surface area contributed by atoms with Crippen LogP contribution in [0.15, 0.2) is 66.7 Å². The number of hydrogen-bond donors (Lipinski definition) is 1. The van der Waals surface area contributed by atoms with Crippen LogP contribution in [0.3, 0.4) is 0 Å². The van der Waals surface area contributed by atoms with E-state index in [4.69, 9.17) is 4.74 Å². The maximum Gasteiger partial charge on any atom is 0.338 e. The molecule has 3 aromatic rings. The van der Waals surface area contributed by atoms with Crippen molar-refractivity contribution < 1.29 is 22.7 Å². The Morgan fingerprint density at radius 1 is 0.971 bits per heavy atom. The molecule has 8 heteroatoms. The van der Waals surface area contributed by atoms with E-state index in [1.54, 1.807) is 62.4 Å². The van der Waals surface area contributed by atoms with Crippen LogP contribution >= 0.6 is 0 Å². The molecule has 0 spiro atoms. The quantitative estimate of drug-likeness (QED) is 0.472. The number of anilines is 2. The van der Waals surface area contributed by atoms with E-state index in [2.05, 4.69) is 5.32 Å². The molecule has 0 heterocycles. The Bertz CT molecular complexity index is 1300. The van der Waals surface area contributed by atoms with E-state index in [1.807, 2.05) is 25.1 Å². The molecule has 3 aromatic carbocycles. The molecule has 0 atom stereocenters. The summed E-state index contributed by atoms with van der Waals surface area (Å²) in [7, 11) is -3.50. The molecule has 1 amide bonds. The number of hydrogen-bond acceptors (Lipinski definition) is 5. The number of sulfonamides is 1. The number of carbonyl (C=O) groups is 2. The van der Waals surface area contributed by atoms with E-state index in [0.29, 0.717) is 28.1 Å². The molecule has 0 aromatic heterocycles. The summed E-state index contributed by atoms with van der Waals surface area (Å²) in [5.41, 5.74) is 4.22. The summed E-state index contributed by atoms with van der Waals surface area (Å²) < 4.78 is 31.2. The second-order valence-electron chi connectivity index (χ2n) is 7.96. The molecule has 0 bridgehead atoms. The molecule has 0 radical (unpaired) electrons. The van der Waals surface area contributed by atoms with Gasteiger partial charge >= 0.3 is 5.97 Å². The molecule has 178 valence electrons. The highest BCUT2D eigenvalue weighted by Crippen LogP contribution is 2.23. The van der Waals surface area contributed by atoms with Crippen LogP contribution in [-0.2, 0) is 21.3 Å². The summed E-state index contributed by atoms with van der Waals surface area (Å²) >= 11 is 0. The lowest BCUT2D eigenvalue weighted by Gasteiger charge is -2.23. The highest BCUT2D eigenvalue weighted by Gasteiger charge is 2.19. The molecule has 0 aliphatic heterocycles. The number of carbonyl (C=O) groups excluding carboxylic acids is 2. The van der Waals surface area contributed by atoms with Gasteiger partial charge in [-0.2, -0.15) is 0 Å². The molecule has 0 saturated carbocycles. The highest BCUT2D eigenvalue weighted by atomic mass is 32.2. The molecular weight excluding hydrogens is 452 g/mol. The van der Waals surface area contributed by atoms with Crippen LogP contribution in [0.2, 0.25) is 0 Å². The Labute approximate surface area is 200 Å². The Morgan fingerprint density at radius 3 is 2.26 bits per heavy atom.